The maximum Gasteiger partial charge on any atom is 0.257 e. The number of nitrogens with one attached hydrogen (secondary N) is 1. The van der Waals surface area contributed by atoms with E-state index in [9.17, 15) is 4.79 Å². The molecule has 0 heterocycles. The molecule has 0 aliphatic heterocycles. The van der Waals surface area contributed by atoms with Crippen LogP contribution in [0.15, 0.2) is 18.2 Å². The summed E-state index contributed by atoms with van der Waals surface area (Å²) >= 11 is 0. The zero-order valence-electron chi connectivity index (χ0n) is 11.7. The van der Waals surface area contributed by atoms with Gasteiger partial charge < -0.3 is 20.5 Å². The number of benzene rings is 1. The van der Waals surface area contributed by atoms with E-state index in [2.05, 4.69) is 5.32 Å². The molecule has 5 nitrogen and oxygen atoms in total. The molecule has 5 heteroatoms. The topological polar surface area (TPSA) is 73.6 Å². The molecule has 1 rings (SSSR count). The second-order valence-electron chi connectivity index (χ2n) is 4.33. The molecule has 0 fully saturated rings. The molecule has 1 aromatic carbocycles. The molecule has 1 atom stereocenters. The molecule has 0 aliphatic rings. The molecule has 0 bridgehead atoms. The highest BCUT2D eigenvalue weighted by Crippen LogP contribution is 2.28. The Labute approximate surface area is 114 Å². The summed E-state index contributed by atoms with van der Waals surface area (Å²) in [7, 11) is 1.58. The number of amides is 1. The first kappa shape index (κ1) is 15.3. The molecule has 0 saturated carbocycles. The van der Waals surface area contributed by atoms with Crippen LogP contribution in [0.5, 0.6) is 11.5 Å². The van der Waals surface area contributed by atoms with Crippen LogP contribution in [0.3, 0.4) is 0 Å². The van der Waals surface area contributed by atoms with Crippen molar-refractivity contribution in [2.24, 2.45) is 5.73 Å². The van der Waals surface area contributed by atoms with Crippen LogP contribution in [0.1, 0.15) is 31.9 Å². The van der Waals surface area contributed by atoms with Crippen molar-refractivity contribution in [3.8, 4) is 11.5 Å². The third kappa shape index (κ3) is 4.79. The number of nitrogens with two attached hydrogens (primary N) is 1. The van der Waals surface area contributed by atoms with E-state index in [1.807, 2.05) is 26.0 Å². The molecule has 3 N–H and O–H groups in total. The number of rotatable bonds is 7. The summed E-state index contributed by atoms with van der Waals surface area (Å²) in [5.74, 6) is 1.12. The fourth-order valence-electron chi connectivity index (χ4n) is 1.60. The van der Waals surface area contributed by atoms with E-state index in [1.165, 1.54) is 0 Å². The van der Waals surface area contributed by atoms with E-state index in [1.54, 1.807) is 13.2 Å². The van der Waals surface area contributed by atoms with E-state index in [-0.39, 0.29) is 18.6 Å². The largest absolute Gasteiger partial charge is 0.497 e. The minimum atomic E-state index is -0.167. The second kappa shape index (κ2) is 7.63. The monoisotopic (exact) mass is 266 g/mol. The molecule has 1 aromatic rings. The Balaban J connectivity index is 2.72. The number of carbonyl (C=O) groups is 1. The van der Waals surface area contributed by atoms with Crippen LogP contribution in [0.25, 0.3) is 0 Å². The van der Waals surface area contributed by atoms with Crippen molar-refractivity contribution >= 4 is 5.91 Å². The van der Waals surface area contributed by atoms with Gasteiger partial charge in [-0.05, 0) is 19.4 Å². The molecular weight excluding hydrogens is 244 g/mol. The second-order valence-corrected chi connectivity index (χ2v) is 4.33. The molecule has 0 saturated heterocycles. The van der Waals surface area contributed by atoms with Gasteiger partial charge in [-0.25, -0.2) is 0 Å². The summed E-state index contributed by atoms with van der Waals surface area (Å²) in [5, 5.41) is 2.75. The zero-order chi connectivity index (χ0) is 14.3. The molecule has 0 aromatic heterocycles. The molecule has 0 spiro atoms. The van der Waals surface area contributed by atoms with Crippen molar-refractivity contribution in [2.45, 2.75) is 26.3 Å². The van der Waals surface area contributed by atoms with Crippen molar-refractivity contribution in [3.05, 3.63) is 23.8 Å². The third-order valence-electron chi connectivity index (χ3n) is 2.64. The van der Waals surface area contributed by atoms with Crippen LogP contribution in [0, 0.1) is 0 Å². The molecule has 19 heavy (non-hydrogen) atoms. The lowest BCUT2D eigenvalue weighted by molar-refractivity contribution is -0.123. The normalized spacial score (nSPS) is 11.8. The average Bonchev–Trinajstić information content (AvgIpc) is 2.42. The smallest absolute Gasteiger partial charge is 0.257 e. The molecule has 0 aliphatic carbocycles. The van der Waals surface area contributed by atoms with Crippen molar-refractivity contribution in [2.75, 3.05) is 20.3 Å². The summed E-state index contributed by atoms with van der Waals surface area (Å²) in [5.41, 5.74) is 6.72. The number of carbonyl (C=O) groups excluding carboxylic acids is 1. The van der Waals surface area contributed by atoms with Gasteiger partial charge in [0.1, 0.15) is 11.5 Å². The number of hydrogen-bond acceptors (Lipinski definition) is 4. The van der Waals surface area contributed by atoms with Crippen molar-refractivity contribution < 1.29 is 14.3 Å². The van der Waals surface area contributed by atoms with Gasteiger partial charge in [0.05, 0.1) is 7.11 Å². The summed E-state index contributed by atoms with van der Waals surface area (Å²) < 4.78 is 10.7. The Bertz CT molecular complexity index is 419. The Morgan fingerprint density at radius 3 is 2.79 bits per heavy atom. The van der Waals surface area contributed by atoms with Crippen molar-refractivity contribution in [1.82, 2.24) is 5.32 Å². The molecule has 1 amide bonds. The Hall–Kier alpha value is -1.75. The first-order valence-electron chi connectivity index (χ1n) is 6.41. The predicted octanol–water partition coefficient (Wildman–Crippen LogP) is 1.62. The first-order valence-corrected chi connectivity index (χ1v) is 6.41. The van der Waals surface area contributed by atoms with Crippen molar-refractivity contribution in [1.29, 1.82) is 0 Å². The summed E-state index contributed by atoms with van der Waals surface area (Å²) in [6, 6.07) is 5.25. The number of hydrogen-bond donors (Lipinski definition) is 2. The standard InChI is InChI=1S/C14H22N2O3/c1-4-7-16-14(17)9-19-13-8-11(18-3)5-6-12(13)10(2)15/h5-6,8,10H,4,7,9,15H2,1-3H3,(H,16,17). The maximum atomic E-state index is 11.5. The SMILES string of the molecule is CCCNC(=O)COc1cc(OC)ccc1C(C)N. The minimum absolute atomic E-state index is 0.0209. The van der Waals surface area contributed by atoms with Gasteiger partial charge in [-0.15, -0.1) is 0 Å². The first-order chi connectivity index (χ1) is 9.08. The number of methoxy groups -OCH3 is 1. The number of ether oxygens (including phenoxy) is 2. The average molecular weight is 266 g/mol. The van der Waals surface area contributed by atoms with E-state index in [0.29, 0.717) is 18.0 Å². The maximum absolute atomic E-state index is 11.5. The Morgan fingerprint density at radius 2 is 2.21 bits per heavy atom. The lowest BCUT2D eigenvalue weighted by Crippen LogP contribution is -2.29. The fourth-order valence-corrected chi connectivity index (χ4v) is 1.60. The van der Waals surface area contributed by atoms with Gasteiger partial charge in [0, 0.05) is 24.2 Å². The highest BCUT2D eigenvalue weighted by Gasteiger charge is 2.11. The van der Waals surface area contributed by atoms with Gasteiger partial charge in [0.25, 0.3) is 5.91 Å². The molecule has 1 unspecified atom stereocenters. The Kier molecular flexibility index (Phi) is 6.15. The van der Waals surface area contributed by atoms with Crippen LogP contribution in [-0.2, 0) is 4.79 Å². The quantitative estimate of drug-likeness (QED) is 0.786. The molecule has 0 radical (unpaired) electrons. The van der Waals surface area contributed by atoms with Crippen LogP contribution >= 0.6 is 0 Å². The van der Waals surface area contributed by atoms with Crippen molar-refractivity contribution in [3.63, 3.8) is 0 Å². The third-order valence-corrected chi connectivity index (χ3v) is 2.64. The summed E-state index contributed by atoms with van der Waals surface area (Å²) in [6.07, 6.45) is 0.899. The van der Waals surface area contributed by atoms with Gasteiger partial charge in [-0.2, -0.15) is 0 Å². The van der Waals surface area contributed by atoms with Gasteiger partial charge in [-0.1, -0.05) is 13.0 Å². The van der Waals surface area contributed by atoms with Crippen LogP contribution in [-0.4, -0.2) is 26.2 Å². The molecule has 106 valence electrons. The van der Waals surface area contributed by atoms with Crippen LogP contribution in [0.2, 0.25) is 0 Å². The van der Waals surface area contributed by atoms with Gasteiger partial charge in [-0.3, -0.25) is 4.79 Å². The van der Waals surface area contributed by atoms with Crippen LogP contribution < -0.4 is 20.5 Å². The van der Waals surface area contributed by atoms with E-state index >= 15 is 0 Å². The minimum Gasteiger partial charge on any atom is -0.497 e. The molecular formula is C14H22N2O3. The van der Waals surface area contributed by atoms with Gasteiger partial charge in [0.15, 0.2) is 6.61 Å². The van der Waals surface area contributed by atoms with E-state index < -0.39 is 0 Å². The fraction of sp³-hybridized carbons (Fsp3) is 0.500. The van der Waals surface area contributed by atoms with E-state index in [4.69, 9.17) is 15.2 Å². The highest BCUT2D eigenvalue weighted by molar-refractivity contribution is 5.77. The summed E-state index contributed by atoms with van der Waals surface area (Å²) in [6.45, 7) is 4.50. The zero-order valence-corrected chi connectivity index (χ0v) is 11.7. The summed E-state index contributed by atoms with van der Waals surface area (Å²) in [4.78, 5) is 11.5. The lowest BCUT2D eigenvalue weighted by Gasteiger charge is -2.15. The lowest BCUT2D eigenvalue weighted by atomic mass is 10.1. The Morgan fingerprint density at radius 1 is 1.47 bits per heavy atom. The van der Waals surface area contributed by atoms with E-state index in [0.717, 1.165) is 12.0 Å². The van der Waals surface area contributed by atoms with Crippen LogP contribution in [0.4, 0.5) is 0 Å². The predicted molar refractivity (Wildman–Crippen MR) is 74.4 cm³/mol. The van der Waals surface area contributed by atoms with Gasteiger partial charge in [0.2, 0.25) is 0 Å². The van der Waals surface area contributed by atoms with Gasteiger partial charge >= 0.3 is 0 Å². The highest BCUT2D eigenvalue weighted by atomic mass is 16.5.